The van der Waals surface area contributed by atoms with E-state index in [0.717, 1.165) is 11.1 Å². The maximum absolute atomic E-state index is 13.8. The van der Waals surface area contributed by atoms with Crippen molar-refractivity contribution in [2.24, 2.45) is 17.6 Å². The van der Waals surface area contributed by atoms with Gasteiger partial charge in [0.2, 0.25) is 11.8 Å². The van der Waals surface area contributed by atoms with Crippen LogP contribution in [0.3, 0.4) is 0 Å². The molecule has 0 bridgehead atoms. The first kappa shape index (κ1) is 28.0. The molecule has 0 saturated carbocycles. The van der Waals surface area contributed by atoms with Gasteiger partial charge in [-0.3, -0.25) is 24.5 Å². The van der Waals surface area contributed by atoms with Crippen LogP contribution in [-0.4, -0.2) is 29.7 Å². The Hall–Kier alpha value is -3.29. The predicted molar refractivity (Wildman–Crippen MR) is 137 cm³/mol. The maximum Gasteiger partial charge on any atom is 0.248 e. The third kappa shape index (κ3) is 8.16. The number of Topliss-reactive ketones (excluding diaryl/α,β-unsaturated/α-hetero) is 1. The van der Waals surface area contributed by atoms with Crippen molar-refractivity contribution in [1.82, 2.24) is 10.8 Å². The summed E-state index contributed by atoms with van der Waals surface area (Å²) in [4.78, 5) is 44.5. The number of allylic oxidation sites excluding steroid dienone is 1. The Labute approximate surface area is 208 Å². The van der Waals surface area contributed by atoms with E-state index in [1.54, 1.807) is 19.9 Å². The van der Waals surface area contributed by atoms with Crippen molar-refractivity contribution in [1.29, 1.82) is 0 Å². The highest BCUT2D eigenvalue weighted by Crippen LogP contribution is 2.25. The van der Waals surface area contributed by atoms with Crippen molar-refractivity contribution in [3.8, 4) is 0 Å². The standard InChI is InChI=1S/C28H37N3O4/c1-20(2)17-24(18-25(32)31-35-19-23-13-9-6-10-14-23)26(33)28(21(3)4,27(29)34)30-16-15-22-11-7-5-8-12-22/h5-14,17,20-21,30H,15-16,18-19H2,1-4H3,(H2,29,34)(H,31,32)/t28-/m1/s1. The molecule has 2 rings (SSSR count). The van der Waals surface area contributed by atoms with Crippen LogP contribution in [0.1, 0.15) is 45.2 Å². The molecule has 0 fully saturated rings. The average Bonchev–Trinajstić information content (AvgIpc) is 2.81. The summed E-state index contributed by atoms with van der Waals surface area (Å²) in [5, 5.41) is 3.14. The summed E-state index contributed by atoms with van der Waals surface area (Å²) in [7, 11) is 0. The molecule has 4 N–H and O–H groups in total. The highest BCUT2D eigenvalue weighted by molar-refractivity contribution is 6.18. The van der Waals surface area contributed by atoms with Crippen LogP contribution in [0.15, 0.2) is 72.3 Å². The van der Waals surface area contributed by atoms with Gasteiger partial charge in [0, 0.05) is 12.1 Å². The number of carbonyl (C=O) groups is 3. The Kier molecular flexibility index (Phi) is 10.8. The van der Waals surface area contributed by atoms with Gasteiger partial charge < -0.3 is 5.73 Å². The minimum atomic E-state index is -1.64. The van der Waals surface area contributed by atoms with E-state index in [0.29, 0.717) is 13.0 Å². The van der Waals surface area contributed by atoms with Gasteiger partial charge in [-0.1, -0.05) is 94.4 Å². The van der Waals surface area contributed by atoms with Crippen LogP contribution in [0.25, 0.3) is 0 Å². The van der Waals surface area contributed by atoms with E-state index >= 15 is 0 Å². The van der Waals surface area contributed by atoms with Gasteiger partial charge in [0.15, 0.2) is 11.3 Å². The summed E-state index contributed by atoms with van der Waals surface area (Å²) in [6, 6.07) is 19.2. The first-order chi connectivity index (χ1) is 16.7. The maximum atomic E-state index is 13.8. The summed E-state index contributed by atoms with van der Waals surface area (Å²) in [6.45, 7) is 7.92. The van der Waals surface area contributed by atoms with Gasteiger partial charge in [-0.05, 0) is 29.4 Å². The van der Waals surface area contributed by atoms with Crippen LogP contribution >= 0.6 is 0 Å². The first-order valence-corrected chi connectivity index (χ1v) is 12.0. The Morgan fingerprint density at radius 1 is 0.943 bits per heavy atom. The number of ketones is 1. The van der Waals surface area contributed by atoms with Crippen LogP contribution in [0, 0.1) is 11.8 Å². The zero-order valence-corrected chi connectivity index (χ0v) is 21.0. The minimum absolute atomic E-state index is 0.0194. The van der Waals surface area contributed by atoms with E-state index < -0.39 is 29.1 Å². The van der Waals surface area contributed by atoms with Crippen LogP contribution < -0.4 is 16.5 Å². The third-order valence-electron chi connectivity index (χ3n) is 5.72. The molecule has 0 unspecified atom stereocenters. The number of amides is 2. The smallest absolute Gasteiger partial charge is 0.248 e. The zero-order chi connectivity index (χ0) is 25.8. The number of rotatable bonds is 14. The van der Waals surface area contributed by atoms with Crippen molar-refractivity contribution in [3.05, 3.63) is 83.4 Å². The molecule has 35 heavy (non-hydrogen) atoms. The molecule has 2 aromatic rings. The van der Waals surface area contributed by atoms with E-state index in [2.05, 4.69) is 10.8 Å². The SMILES string of the molecule is CC(C)C=C(CC(=O)NOCc1ccccc1)C(=O)[C@@](NCCc1ccccc1)(C(N)=O)C(C)C. The molecule has 0 aliphatic rings. The molecule has 7 nitrogen and oxygen atoms in total. The fourth-order valence-corrected chi connectivity index (χ4v) is 3.93. The van der Waals surface area contributed by atoms with Crippen LogP contribution in [0.2, 0.25) is 0 Å². The van der Waals surface area contributed by atoms with Gasteiger partial charge in [0.1, 0.15) is 0 Å². The van der Waals surface area contributed by atoms with Gasteiger partial charge in [0.25, 0.3) is 0 Å². The summed E-state index contributed by atoms with van der Waals surface area (Å²) in [5.41, 5.74) is 8.77. The Bertz CT molecular complexity index is 1000. The van der Waals surface area contributed by atoms with E-state index in [4.69, 9.17) is 10.6 Å². The fraction of sp³-hybridized carbons (Fsp3) is 0.393. The highest BCUT2D eigenvalue weighted by atomic mass is 16.6. The van der Waals surface area contributed by atoms with E-state index in [1.807, 2.05) is 74.5 Å². The van der Waals surface area contributed by atoms with Crippen LogP contribution in [-0.2, 0) is 32.2 Å². The average molecular weight is 480 g/mol. The zero-order valence-electron chi connectivity index (χ0n) is 21.0. The second-order valence-electron chi connectivity index (χ2n) is 9.23. The molecule has 2 aromatic carbocycles. The second kappa shape index (κ2) is 13.6. The van der Waals surface area contributed by atoms with Gasteiger partial charge >= 0.3 is 0 Å². The molecule has 1 atom stereocenters. The number of hydroxylamine groups is 1. The summed E-state index contributed by atoms with van der Waals surface area (Å²) >= 11 is 0. The van der Waals surface area contributed by atoms with Crippen molar-refractivity contribution < 1.29 is 19.2 Å². The highest BCUT2D eigenvalue weighted by Gasteiger charge is 2.48. The van der Waals surface area contributed by atoms with E-state index in [1.165, 1.54) is 0 Å². The quantitative estimate of drug-likeness (QED) is 0.218. The normalized spacial score (nSPS) is 13.5. The van der Waals surface area contributed by atoms with E-state index in [-0.39, 0.29) is 24.5 Å². The number of hydrogen-bond acceptors (Lipinski definition) is 5. The van der Waals surface area contributed by atoms with Crippen molar-refractivity contribution >= 4 is 17.6 Å². The number of carbonyl (C=O) groups excluding carboxylic acids is 3. The Morgan fingerprint density at radius 3 is 2.03 bits per heavy atom. The number of hydrogen-bond donors (Lipinski definition) is 3. The molecule has 2 amide bonds. The first-order valence-electron chi connectivity index (χ1n) is 12.0. The molecule has 7 heteroatoms. The third-order valence-corrected chi connectivity index (χ3v) is 5.72. The molecule has 188 valence electrons. The molecule has 0 radical (unpaired) electrons. The fourth-order valence-electron chi connectivity index (χ4n) is 3.93. The lowest BCUT2D eigenvalue weighted by atomic mass is 9.77. The molecule has 0 saturated heterocycles. The lowest BCUT2D eigenvalue weighted by molar-refractivity contribution is -0.139. The van der Waals surface area contributed by atoms with Crippen LogP contribution in [0.4, 0.5) is 0 Å². The number of primary amides is 1. The predicted octanol–water partition coefficient (Wildman–Crippen LogP) is 3.49. The van der Waals surface area contributed by atoms with Crippen molar-refractivity contribution in [3.63, 3.8) is 0 Å². The van der Waals surface area contributed by atoms with Gasteiger partial charge in [-0.2, -0.15) is 0 Å². The lowest BCUT2D eigenvalue weighted by Crippen LogP contribution is -2.65. The largest absolute Gasteiger partial charge is 0.368 e. The minimum Gasteiger partial charge on any atom is -0.368 e. The van der Waals surface area contributed by atoms with Crippen molar-refractivity contribution in [2.75, 3.05) is 6.54 Å². The van der Waals surface area contributed by atoms with Gasteiger partial charge in [0.05, 0.1) is 13.0 Å². The molecule has 0 aliphatic heterocycles. The topological polar surface area (TPSA) is 111 Å². The number of nitrogens with one attached hydrogen (secondary N) is 2. The van der Waals surface area contributed by atoms with E-state index in [9.17, 15) is 14.4 Å². The second-order valence-corrected chi connectivity index (χ2v) is 9.23. The number of benzene rings is 2. The Morgan fingerprint density at radius 2 is 1.51 bits per heavy atom. The lowest BCUT2D eigenvalue weighted by Gasteiger charge is -2.35. The molecular weight excluding hydrogens is 442 g/mol. The summed E-state index contributed by atoms with van der Waals surface area (Å²) < 4.78 is 0. The van der Waals surface area contributed by atoms with Crippen molar-refractivity contribution in [2.45, 2.75) is 52.7 Å². The van der Waals surface area contributed by atoms with Gasteiger partial charge in [-0.25, -0.2) is 5.48 Å². The molecular formula is C28H37N3O4. The summed E-state index contributed by atoms with van der Waals surface area (Å²) in [5.74, 6) is -2.18. The van der Waals surface area contributed by atoms with Crippen LogP contribution in [0.5, 0.6) is 0 Å². The number of nitrogens with two attached hydrogens (primary N) is 1. The molecule has 0 heterocycles. The molecule has 0 aromatic heterocycles. The molecule has 0 spiro atoms. The van der Waals surface area contributed by atoms with Gasteiger partial charge in [-0.15, -0.1) is 0 Å². The molecule has 0 aliphatic carbocycles. The monoisotopic (exact) mass is 479 g/mol. The summed E-state index contributed by atoms with van der Waals surface area (Å²) in [6.07, 6.45) is 2.10. The Balaban J connectivity index is 2.16.